The predicted octanol–water partition coefficient (Wildman–Crippen LogP) is 3.80. The minimum atomic E-state index is -0.295. The summed E-state index contributed by atoms with van der Waals surface area (Å²) in [6.45, 7) is 6.98. The number of carbonyl (C=O) groups excluding carboxylic acids is 2. The molecule has 0 bridgehead atoms. The summed E-state index contributed by atoms with van der Waals surface area (Å²) in [5, 5.41) is 6.64. The highest BCUT2D eigenvalue weighted by molar-refractivity contribution is 5.94. The van der Waals surface area contributed by atoms with Crippen molar-refractivity contribution < 1.29 is 18.5 Å². The monoisotopic (exact) mass is 395 g/mol. The van der Waals surface area contributed by atoms with Crippen molar-refractivity contribution in [1.82, 2.24) is 15.4 Å². The molecule has 0 radical (unpaired) electrons. The van der Waals surface area contributed by atoms with Gasteiger partial charge < -0.3 is 19.2 Å². The van der Waals surface area contributed by atoms with Crippen LogP contribution in [0.4, 0.5) is 0 Å². The summed E-state index contributed by atoms with van der Waals surface area (Å²) in [4.78, 5) is 26.8. The van der Waals surface area contributed by atoms with Crippen LogP contribution in [-0.2, 0) is 13.1 Å². The molecule has 0 fully saturated rings. The van der Waals surface area contributed by atoms with Crippen LogP contribution in [0.3, 0.4) is 0 Å². The van der Waals surface area contributed by atoms with Crippen LogP contribution in [0.2, 0.25) is 0 Å². The molecule has 2 heterocycles. The molecule has 1 aromatic carbocycles. The average Bonchev–Trinajstić information content (AvgIpc) is 3.38. The van der Waals surface area contributed by atoms with Crippen molar-refractivity contribution in [1.29, 1.82) is 0 Å². The van der Waals surface area contributed by atoms with Crippen molar-refractivity contribution in [3.63, 3.8) is 0 Å². The molecular formula is C22H25N3O4. The molecular weight excluding hydrogens is 370 g/mol. The lowest BCUT2D eigenvalue weighted by Crippen LogP contribution is -2.30. The van der Waals surface area contributed by atoms with Gasteiger partial charge in [-0.15, -0.1) is 0 Å². The first-order valence-corrected chi connectivity index (χ1v) is 9.54. The number of carbonyl (C=O) groups is 2. The van der Waals surface area contributed by atoms with E-state index in [9.17, 15) is 9.59 Å². The lowest BCUT2D eigenvalue weighted by Gasteiger charge is -2.20. The number of nitrogens with zero attached hydrogens (tertiary/aromatic N) is 2. The summed E-state index contributed by atoms with van der Waals surface area (Å²) in [5.74, 6) is 0.951. The molecule has 3 aromatic rings. The van der Waals surface area contributed by atoms with Crippen molar-refractivity contribution in [2.24, 2.45) is 5.92 Å². The second-order valence-corrected chi connectivity index (χ2v) is 7.39. The van der Waals surface area contributed by atoms with Gasteiger partial charge in [-0.1, -0.05) is 36.7 Å². The Bertz CT molecular complexity index is 943. The van der Waals surface area contributed by atoms with Gasteiger partial charge >= 0.3 is 0 Å². The van der Waals surface area contributed by atoms with Crippen LogP contribution >= 0.6 is 0 Å². The fraction of sp³-hybridized carbons (Fsp3) is 0.318. The van der Waals surface area contributed by atoms with Crippen molar-refractivity contribution in [3.05, 3.63) is 77.1 Å². The van der Waals surface area contributed by atoms with E-state index in [2.05, 4.69) is 10.5 Å². The Kier molecular flexibility index (Phi) is 6.49. The molecule has 0 atom stereocenters. The molecule has 0 aliphatic carbocycles. The van der Waals surface area contributed by atoms with E-state index in [0.29, 0.717) is 29.5 Å². The number of nitrogens with one attached hydrogen (secondary N) is 1. The van der Waals surface area contributed by atoms with Gasteiger partial charge in [0.2, 0.25) is 0 Å². The fourth-order valence-electron chi connectivity index (χ4n) is 2.74. The number of hydrogen-bond acceptors (Lipinski definition) is 5. The van der Waals surface area contributed by atoms with E-state index in [4.69, 9.17) is 8.94 Å². The minimum Gasteiger partial charge on any atom is -0.467 e. The first kappa shape index (κ1) is 20.4. The van der Waals surface area contributed by atoms with E-state index in [1.807, 2.05) is 32.9 Å². The van der Waals surface area contributed by atoms with Gasteiger partial charge in [-0.25, -0.2) is 0 Å². The second kappa shape index (κ2) is 9.23. The number of hydrogen-bond donors (Lipinski definition) is 1. The fourth-order valence-corrected chi connectivity index (χ4v) is 2.74. The van der Waals surface area contributed by atoms with E-state index >= 15 is 0 Å². The summed E-state index contributed by atoms with van der Waals surface area (Å²) < 4.78 is 10.7. The standard InChI is InChI=1S/C22H25N3O4/c1-15(2)12-23-21(26)20-11-19(29-24-20)14-25(13-18-5-4-10-28-18)22(27)17-8-6-16(3)7-9-17/h4-11,15H,12-14H2,1-3H3,(H,23,26). The number of aromatic nitrogens is 1. The van der Waals surface area contributed by atoms with Crippen molar-refractivity contribution >= 4 is 11.8 Å². The highest BCUT2D eigenvalue weighted by Gasteiger charge is 2.21. The molecule has 0 saturated heterocycles. The third-order valence-electron chi connectivity index (χ3n) is 4.32. The smallest absolute Gasteiger partial charge is 0.273 e. The highest BCUT2D eigenvalue weighted by Crippen LogP contribution is 2.16. The van der Waals surface area contributed by atoms with E-state index in [1.165, 1.54) is 0 Å². The molecule has 152 valence electrons. The van der Waals surface area contributed by atoms with E-state index in [1.54, 1.807) is 41.5 Å². The van der Waals surface area contributed by atoms with Crippen LogP contribution in [0.5, 0.6) is 0 Å². The Hall–Kier alpha value is -3.35. The third kappa shape index (κ3) is 5.57. The molecule has 0 saturated carbocycles. The largest absolute Gasteiger partial charge is 0.467 e. The lowest BCUT2D eigenvalue weighted by molar-refractivity contribution is 0.0700. The quantitative estimate of drug-likeness (QED) is 0.627. The first-order valence-electron chi connectivity index (χ1n) is 9.54. The normalized spacial score (nSPS) is 10.9. The number of aryl methyl sites for hydroxylation is 1. The van der Waals surface area contributed by atoms with Gasteiger partial charge in [-0.05, 0) is 37.1 Å². The van der Waals surface area contributed by atoms with Crippen LogP contribution < -0.4 is 5.32 Å². The Balaban J connectivity index is 1.75. The average molecular weight is 395 g/mol. The molecule has 2 aromatic heterocycles. The summed E-state index contributed by atoms with van der Waals surface area (Å²) in [6, 6.07) is 12.5. The van der Waals surface area contributed by atoms with Gasteiger partial charge in [0.05, 0.1) is 19.4 Å². The van der Waals surface area contributed by atoms with Crippen LogP contribution in [0.15, 0.2) is 57.7 Å². The maximum absolute atomic E-state index is 13.0. The Morgan fingerprint density at radius 1 is 1.10 bits per heavy atom. The SMILES string of the molecule is Cc1ccc(C(=O)N(Cc2ccco2)Cc2cc(C(=O)NCC(C)C)no2)cc1. The van der Waals surface area contributed by atoms with E-state index < -0.39 is 0 Å². The number of furan rings is 1. The number of benzene rings is 1. The molecule has 7 heteroatoms. The maximum atomic E-state index is 13.0. The van der Waals surface area contributed by atoms with Crippen LogP contribution in [0.1, 0.15) is 51.8 Å². The first-order chi connectivity index (χ1) is 13.9. The zero-order chi connectivity index (χ0) is 20.8. The lowest BCUT2D eigenvalue weighted by atomic mass is 10.1. The molecule has 0 spiro atoms. The Morgan fingerprint density at radius 2 is 1.83 bits per heavy atom. The Morgan fingerprint density at radius 3 is 2.48 bits per heavy atom. The van der Waals surface area contributed by atoms with Gasteiger partial charge in [-0.3, -0.25) is 9.59 Å². The molecule has 0 aliphatic heterocycles. The van der Waals surface area contributed by atoms with Crippen molar-refractivity contribution in [2.45, 2.75) is 33.9 Å². The summed E-state index contributed by atoms with van der Waals surface area (Å²) in [7, 11) is 0. The molecule has 1 N–H and O–H groups in total. The topological polar surface area (TPSA) is 88.6 Å². The number of amides is 2. The zero-order valence-electron chi connectivity index (χ0n) is 16.8. The summed E-state index contributed by atoms with van der Waals surface area (Å²) >= 11 is 0. The third-order valence-corrected chi connectivity index (χ3v) is 4.32. The van der Waals surface area contributed by atoms with Gasteiger partial charge in [0.1, 0.15) is 5.76 Å². The van der Waals surface area contributed by atoms with E-state index in [-0.39, 0.29) is 30.6 Å². The molecule has 0 aliphatic rings. The van der Waals surface area contributed by atoms with Crippen LogP contribution in [0, 0.1) is 12.8 Å². The molecule has 0 unspecified atom stereocenters. The van der Waals surface area contributed by atoms with Crippen LogP contribution in [-0.4, -0.2) is 28.4 Å². The van der Waals surface area contributed by atoms with Gasteiger partial charge in [0.15, 0.2) is 11.5 Å². The minimum absolute atomic E-state index is 0.163. The molecule has 29 heavy (non-hydrogen) atoms. The van der Waals surface area contributed by atoms with Crippen molar-refractivity contribution in [3.8, 4) is 0 Å². The zero-order valence-corrected chi connectivity index (χ0v) is 16.8. The molecule has 7 nitrogen and oxygen atoms in total. The highest BCUT2D eigenvalue weighted by atomic mass is 16.5. The van der Waals surface area contributed by atoms with Gasteiger partial charge in [-0.2, -0.15) is 0 Å². The van der Waals surface area contributed by atoms with Gasteiger partial charge in [0, 0.05) is 18.2 Å². The number of rotatable bonds is 8. The molecule has 3 rings (SSSR count). The maximum Gasteiger partial charge on any atom is 0.273 e. The summed E-state index contributed by atoms with van der Waals surface area (Å²) in [6.07, 6.45) is 1.56. The predicted molar refractivity (Wildman–Crippen MR) is 107 cm³/mol. The second-order valence-electron chi connectivity index (χ2n) is 7.39. The summed E-state index contributed by atoms with van der Waals surface area (Å²) in [5.41, 5.74) is 1.84. The Labute approximate surface area is 169 Å². The molecule has 2 amide bonds. The van der Waals surface area contributed by atoms with Crippen LogP contribution in [0.25, 0.3) is 0 Å². The van der Waals surface area contributed by atoms with E-state index in [0.717, 1.165) is 5.56 Å². The van der Waals surface area contributed by atoms with Gasteiger partial charge in [0.25, 0.3) is 11.8 Å². The van der Waals surface area contributed by atoms with Crippen molar-refractivity contribution in [2.75, 3.05) is 6.54 Å².